The van der Waals surface area contributed by atoms with Gasteiger partial charge in [0.05, 0.1) is 20.5 Å². The largest absolute Gasteiger partial charge is 0.493 e. The smallest absolute Gasteiger partial charge is 0.374 e. The normalized spacial score (nSPS) is 11.8. The van der Waals surface area contributed by atoms with Crippen molar-refractivity contribution in [3.63, 3.8) is 0 Å². The summed E-state index contributed by atoms with van der Waals surface area (Å²) in [5.41, 5.74) is 0.993. The third-order valence-electron chi connectivity index (χ3n) is 3.00. The highest BCUT2D eigenvalue weighted by Gasteiger charge is 2.15. The van der Waals surface area contributed by atoms with E-state index in [0.717, 1.165) is 5.56 Å². The number of hydrogen-bond donors (Lipinski definition) is 0. The Morgan fingerprint density at radius 3 is 2.57 bits per heavy atom. The molecule has 0 radical (unpaired) electrons. The van der Waals surface area contributed by atoms with Crippen molar-refractivity contribution in [2.24, 2.45) is 0 Å². The van der Waals surface area contributed by atoms with E-state index in [1.54, 1.807) is 26.4 Å². The van der Waals surface area contributed by atoms with E-state index in [4.69, 9.17) is 18.6 Å². The maximum absolute atomic E-state index is 11.8. The van der Waals surface area contributed by atoms with E-state index in [-0.39, 0.29) is 11.9 Å². The SMILES string of the molecule is COc1ccc(CC(C)OC(=O)c2ccco2)cc1OC. The number of rotatable bonds is 6. The maximum atomic E-state index is 11.8. The number of ether oxygens (including phenoxy) is 3. The van der Waals surface area contributed by atoms with Crippen LogP contribution in [0.2, 0.25) is 0 Å². The van der Waals surface area contributed by atoms with Crippen LogP contribution in [-0.4, -0.2) is 26.3 Å². The van der Waals surface area contributed by atoms with Crippen molar-refractivity contribution < 1.29 is 23.4 Å². The molecule has 112 valence electrons. The Bertz CT molecular complexity index is 589. The van der Waals surface area contributed by atoms with Crippen LogP contribution < -0.4 is 9.47 Å². The predicted octanol–water partition coefficient (Wildman–Crippen LogP) is 3.08. The molecule has 0 N–H and O–H groups in total. The van der Waals surface area contributed by atoms with Crippen molar-refractivity contribution in [3.8, 4) is 11.5 Å². The molecule has 2 aromatic rings. The van der Waals surface area contributed by atoms with Crippen LogP contribution in [0.15, 0.2) is 41.0 Å². The number of carbonyl (C=O) groups is 1. The van der Waals surface area contributed by atoms with Gasteiger partial charge in [0.1, 0.15) is 6.10 Å². The van der Waals surface area contributed by atoms with Crippen LogP contribution in [0.3, 0.4) is 0 Å². The van der Waals surface area contributed by atoms with Gasteiger partial charge in [0, 0.05) is 6.42 Å². The van der Waals surface area contributed by atoms with Crippen molar-refractivity contribution in [3.05, 3.63) is 47.9 Å². The van der Waals surface area contributed by atoms with Gasteiger partial charge in [0.15, 0.2) is 11.5 Å². The summed E-state index contributed by atoms with van der Waals surface area (Å²) < 4.78 is 20.8. The molecule has 1 atom stereocenters. The number of carbonyl (C=O) groups excluding carboxylic acids is 1. The van der Waals surface area contributed by atoms with Gasteiger partial charge >= 0.3 is 5.97 Å². The highest BCUT2D eigenvalue weighted by Crippen LogP contribution is 2.28. The Labute approximate surface area is 123 Å². The summed E-state index contributed by atoms with van der Waals surface area (Å²) in [5.74, 6) is 1.06. The summed E-state index contributed by atoms with van der Waals surface area (Å²) in [6.07, 6.45) is 1.74. The van der Waals surface area contributed by atoms with Gasteiger partial charge in [-0.25, -0.2) is 4.79 Å². The van der Waals surface area contributed by atoms with Crippen LogP contribution in [0.25, 0.3) is 0 Å². The number of benzene rings is 1. The van der Waals surface area contributed by atoms with Crippen molar-refractivity contribution in [1.82, 2.24) is 0 Å². The number of esters is 1. The van der Waals surface area contributed by atoms with Crippen molar-refractivity contribution in [1.29, 1.82) is 0 Å². The fourth-order valence-electron chi connectivity index (χ4n) is 2.02. The van der Waals surface area contributed by atoms with Gasteiger partial charge in [-0.05, 0) is 36.8 Å². The summed E-state index contributed by atoms with van der Waals surface area (Å²) in [6, 6.07) is 8.84. The Hall–Kier alpha value is -2.43. The molecule has 1 unspecified atom stereocenters. The molecule has 1 aromatic heterocycles. The summed E-state index contributed by atoms with van der Waals surface area (Å²) in [6.45, 7) is 1.83. The van der Waals surface area contributed by atoms with Crippen molar-refractivity contribution in [2.75, 3.05) is 14.2 Å². The minimum absolute atomic E-state index is 0.203. The van der Waals surface area contributed by atoms with E-state index in [9.17, 15) is 4.79 Å². The van der Waals surface area contributed by atoms with Crippen LogP contribution in [0.4, 0.5) is 0 Å². The second-order valence-corrected chi connectivity index (χ2v) is 4.59. The average Bonchev–Trinajstić information content (AvgIpc) is 3.01. The molecule has 0 bridgehead atoms. The third kappa shape index (κ3) is 3.78. The molecule has 0 saturated heterocycles. The van der Waals surface area contributed by atoms with E-state index in [2.05, 4.69) is 0 Å². The number of methoxy groups -OCH3 is 2. The Morgan fingerprint density at radius 1 is 1.19 bits per heavy atom. The molecule has 2 rings (SSSR count). The molecule has 5 heteroatoms. The Kier molecular flexibility index (Phi) is 4.87. The third-order valence-corrected chi connectivity index (χ3v) is 3.00. The van der Waals surface area contributed by atoms with E-state index in [0.29, 0.717) is 17.9 Å². The predicted molar refractivity (Wildman–Crippen MR) is 76.8 cm³/mol. The maximum Gasteiger partial charge on any atom is 0.374 e. The zero-order chi connectivity index (χ0) is 15.2. The molecule has 0 aliphatic carbocycles. The Balaban J connectivity index is 1.99. The van der Waals surface area contributed by atoms with Gasteiger partial charge in [-0.2, -0.15) is 0 Å². The van der Waals surface area contributed by atoms with E-state index in [1.807, 2.05) is 25.1 Å². The van der Waals surface area contributed by atoms with Crippen LogP contribution in [0.1, 0.15) is 23.0 Å². The van der Waals surface area contributed by atoms with E-state index >= 15 is 0 Å². The molecule has 0 aliphatic rings. The van der Waals surface area contributed by atoms with Gasteiger partial charge in [-0.15, -0.1) is 0 Å². The second-order valence-electron chi connectivity index (χ2n) is 4.59. The van der Waals surface area contributed by atoms with Gasteiger partial charge in [0.2, 0.25) is 5.76 Å². The molecule has 1 heterocycles. The molecule has 1 aromatic carbocycles. The van der Waals surface area contributed by atoms with Gasteiger partial charge in [0.25, 0.3) is 0 Å². The van der Waals surface area contributed by atoms with E-state index in [1.165, 1.54) is 6.26 Å². The minimum atomic E-state index is -0.465. The van der Waals surface area contributed by atoms with Crippen molar-refractivity contribution >= 4 is 5.97 Å². The summed E-state index contributed by atoms with van der Waals surface area (Å²) in [7, 11) is 3.17. The zero-order valence-electron chi connectivity index (χ0n) is 12.3. The van der Waals surface area contributed by atoms with Crippen molar-refractivity contribution in [2.45, 2.75) is 19.4 Å². The summed E-state index contributed by atoms with van der Waals surface area (Å²) in [4.78, 5) is 11.8. The van der Waals surface area contributed by atoms with Crippen LogP contribution in [-0.2, 0) is 11.2 Å². The lowest BCUT2D eigenvalue weighted by molar-refractivity contribution is 0.0306. The first-order valence-corrected chi connectivity index (χ1v) is 6.59. The average molecular weight is 290 g/mol. The Morgan fingerprint density at radius 2 is 1.95 bits per heavy atom. The van der Waals surface area contributed by atoms with Crippen LogP contribution in [0.5, 0.6) is 11.5 Å². The highest BCUT2D eigenvalue weighted by atomic mass is 16.6. The molecule has 21 heavy (non-hydrogen) atoms. The fourth-order valence-corrected chi connectivity index (χ4v) is 2.02. The first-order valence-electron chi connectivity index (χ1n) is 6.59. The summed E-state index contributed by atoms with van der Waals surface area (Å²) >= 11 is 0. The molecule has 0 saturated carbocycles. The molecule has 0 aliphatic heterocycles. The first kappa shape index (κ1) is 15.0. The van der Waals surface area contributed by atoms with Crippen LogP contribution >= 0.6 is 0 Å². The highest BCUT2D eigenvalue weighted by molar-refractivity contribution is 5.86. The number of hydrogen-bond acceptors (Lipinski definition) is 5. The molecule has 0 amide bonds. The minimum Gasteiger partial charge on any atom is -0.493 e. The molecular formula is C16H18O5. The first-order chi connectivity index (χ1) is 10.1. The summed E-state index contributed by atoms with van der Waals surface area (Å²) in [5, 5.41) is 0. The quantitative estimate of drug-likeness (QED) is 0.765. The monoisotopic (exact) mass is 290 g/mol. The van der Waals surface area contributed by atoms with Gasteiger partial charge < -0.3 is 18.6 Å². The lowest BCUT2D eigenvalue weighted by atomic mass is 10.1. The van der Waals surface area contributed by atoms with Crippen LogP contribution in [0, 0.1) is 0 Å². The lowest BCUT2D eigenvalue weighted by Crippen LogP contribution is -2.17. The molecular weight excluding hydrogens is 272 g/mol. The number of furan rings is 1. The zero-order valence-corrected chi connectivity index (χ0v) is 12.3. The molecule has 0 fully saturated rings. The lowest BCUT2D eigenvalue weighted by Gasteiger charge is -2.14. The molecule has 5 nitrogen and oxygen atoms in total. The molecule has 0 spiro atoms. The standard InChI is InChI=1S/C16H18O5/c1-11(21-16(17)14-5-4-8-20-14)9-12-6-7-13(18-2)15(10-12)19-3/h4-8,10-11H,9H2,1-3H3. The van der Waals surface area contributed by atoms with Gasteiger partial charge in [-0.1, -0.05) is 6.07 Å². The second kappa shape index (κ2) is 6.83. The van der Waals surface area contributed by atoms with Gasteiger partial charge in [-0.3, -0.25) is 0 Å². The fraction of sp³-hybridized carbons (Fsp3) is 0.312. The van der Waals surface area contributed by atoms with E-state index < -0.39 is 5.97 Å². The topological polar surface area (TPSA) is 57.9 Å².